The van der Waals surface area contributed by atoms with Gasteiger partial charge in [0.25, 0.3) is 5.91 Å². The average Bonchev–Trinajstić information content (AvgIpc) is 3.19. The highest BCUT2D eigenvalue weighted by atomic mass is 32.1. The number of carbonyl (C=O) groups excluding carboxylic acids is 1. The number of nitrogens with one attached hydrogen (secondary N) is 2. The summed E-state index contributed by atoms with van der Waals surface area (Å²) in [6.07, 6.45) is 1.62. The van der Waals surface area contributed by atoms with Crippen LogP contribution in [0.4, 0.5) is 0 Å². The molecule has 0 aliphatic rings. The molecule has 6 nitrogen and oxygen atoms in total. The number of para-hydroxylation sites is 2. The number of hydrogen-bond acceptors (Lipinski definition) is 5. The fourth-order valence-corrected chi connectivity index (χ4v) is 4.55. The molecular weight excluding hydrogens is 358 g/mol. The van der Waals surface area contributed by atoms with Crippen molar-refractivity contribution in [3.8, 4) is 0 Å². The van der Waals surface area contributed by atoms with Gasteiger partial charge >= 0.3 is 0 Å². The minimum atomic E-state index is -0.0443. The first-order valence-electron chi connectivity index (χ1n) is 8.99. The van der Waals surface area contributed by atoms with Crippen LogP contribution in [-0.2, 0) is 6.42 Å². The van der Waals surface area contributed by atoms with Gasteiger partial charge in [0.1, 0.15) is 16.5 Å². The Morgan fingerprint density at radius 1 is 1.15 bits per heavy atom. The Bertz CT molecular complexity index is 1110. The predicted molar refractivity (Wildman–Crippen MR) is 108 cm³/mol. The second-order valence-electron chi connectivity index (χ2n) is 6.65. The molecule has 2 N–H and O–H groups in total. The van der Waals surface area contributed by atoms with Crippen molar-refractivity contribution in [2.45, 2.75) is 33.6 Å². The van der Waals surface area contributed by atoms with E-state index in [1.54, 1.807) is 0 Å². The number of aromatic amines is 1. The highest BCUT2D eigenvalue weighted by Gasteiger charge is 2.18. The quantitative estimate of drug-likeness (QED) is 0.516. The molecule has 0 aliphatic carbocycles. The third-order valence-electron chi connectivity index (χ3n) is 4.60. The van der Waals surface area contributed by atoms with Gasteiger partial charge in [0.2, 0.25) is 0 Å². The molecular formula is C20H21N5OS. The van der Waals surface area contributed by atoms with E-state index in [0.29, 0.717) is 6.54 Å². The van der Waals surface area contributed by atoms with Crippen LogP contribution >= 0.6 is 11.3 Å². The second-order valence-corrected chi connectivity index (χ2v) is 7.65. The lowest BCUT2D eigenvalue weighted by molar-refractivity contribution is 0.0956. The lowest BCUT2D eigenvalue weighted by atomic mass is 10.1. The number of aromatic nitrogens is 4. The molecule has 0 radical (unpaired) electrons. The van der Waals surface area contributed by atoms with E-state index in [2.05, 4.69) is 25.3 Å². The summed E-state index contributed by atoms with van der Waals surface area (Å²) in [4.78, 5) is 31.0. The fraction of sp³-hybridized carbons (Fsp3) is 0.300. The number of amides is 1. The normalized spacial score (nSPS) is 11.4. The average molecular weight is 379 g/mol. The van der Waals surface area contributed by atoms with E-state index in [4.69, 9.17) is 0 Å². The van der Waals surface area contributed by atoms with Crippen molar-refractivity contribution in [2.24, 2.45) is 0 Å². The molecule has 0 atom stereocenters. The van der Waals surface area contributed by atoms with Gasteiger partial charge < -0.3 is 10.3 Å². The van der Waals surface area contributed by atoms with Crippen LogP contribution in [0.15, 0.2) is 24.3 Å². The van der Waals surface area contributed by atoms with Crippen LogP contribution in [0, 0.1) is 20.8 Å². The number of nitrogens with zero attached hydrogens (tertiary/aromatic N) is 3. The molecule has 0 fully saturated rings. The molecule has 138 valence electrons. The maximum Gasteiger partial charge on any atom is 0.261 e. The fourth-order valence-electron chi connectivity index (χ4n) is 3.35. The molecule has 3 heterocycles. The Morgan fingerprint density at radius 2 is 1.96 bits per heavy atom. The first-order valence-corrected chi connectivity index (χ1v) is 9.80. The van der Waals surface area contributed by atoms with Gasteiger partial charge in [-0.3, -0.25) is 4.79 Å². The summed E-state index contributed by atoms with van der Waals surface area (Å²) in [5, 5.41) is 4.02. The van der Waals surface area contributed by atoms with Gasteiger partial charge in [-0.15, -0.1) is 11.3 Å². The lowest BCUT2D eigenvalue weighted by Crippen LogP contribution is -2.24. The smallest absolute Gasteiger partial charge is 0.261 e. The van der Waals surface area contributed by atoms with Gasteiger partial charge in [-0.1, -0.05) is 12.1 Å². The molecule has 0 saturated heterocycles. The maximum atomic E-state index is 12.6. The summed E-state index contributed by atoms with van der Waals surface area (Å²) in [6, 6.07) is 7.98. The number of rotatable bonds is 5. The van der Waals surface area contributed by atoms with Crippen molar-refractivity contribution in [3.05, 3.63) is 52.0 Å². The molecule has 0 saturated carbocycles. The molecule has 0 bridgehead atoms. The molecule has 7 heteroatoms. The van der Waals surface area contributed by atoms with Crippen LogP contribution in [-0.4, -0.2) is 32.4 Å². The van der Waals surface area contributed by atoms with Crippen molar-refractivity contribution >= 4 is 38.5 Å². The summed E-state index contributed by atoms with van der Waals surface area (Å²) in [5.74, 6) is 1.64. The van der Waals surface area contributed by atoms with E-state index in [-0.39, 0.29) is 5.91 Å². The molecule has 1 amide bonds. The number of carbonyl (C=O) groups is 1. The third-order valence-corrected chi connectivity index (χ3v) is 5.79. The molecule has 0 spiro atoms. The van der Waals surface area contributed by atoms with Crippen LogP contribution in [0.3, 0.4) is 0 Å². The number of imidazole rings is 1. The number of fused-ring (bicyclic) bond motifs is 2. The SMILES string of the molecule is Cc1nc(C)c2c(C)c(C(=O)NCCCc3nc4ccccc4[nH]3)sc2n1. The summed E-state index contributed by atoms with van der Waals surface area (Å²) >= 11 is 1.44. The molecule has 4 rings (SSSR count). The standard InChI is InChI=1S/C20H21N5OS/c1-11-17-12(2)22-13(3)23-20(17)27-18(11)19(26)21-10-6-9-16-24-14-7-4-5-8-15(14)25-16/h4-5,7-8H,6,9-10H2,1-3H3,(H,21,26)(H,24,25). The van der Waals surface area contributed by atoms with Crippen molar-refractivity contribution in [1.82, 2.24) is 25.3 Å². The Morgan fingerprint density at radius 3 is 2.78 bits per heavy atom. The van der Waals surface area contributed by atoms with Crippen LogP contribution < -0.4 is 5.32 Å². The Labute approximate surface area is 161 Å². The van der Waals surface area contributed by atoms with Gasteiger partial charge in [0.05, 0.1) is 15.9 Å². The number of benzene rings is 1. The summed E-state index contributed by atoms with van der Waals surface area (Å²) in [5.41, 5.74) is 3.91. The highest BCUT2D eigenvalue weighted by molar-refractivity contribution is 7.20. The van der Waals surface area contributed by atoms with Gasteiger partial charge in [-0.2, -0.15) is 0 Å². The zero-order valence-corrected chi connectivity index (χ0v) is 16.4. The lowest BCUT2D eigenvalue weighted by Gasteiger charge is -2.04. The number of thiophene rings is 1. The molecule has 0 aliphatic heterocycles. The minimum absolute atomic E-state index is 0.0443. The van der Waals surface area contributed by atoms with E-state index in [0.717, 1.165) is 61.9 Å². The molecule has 3 aromatic heterocycles. The maximum absolute atomic E-state index is 12.6. The van der Waals surface area contributed by atoms with Crippen molar-refractivity contribution in [3.63, 3.8) is 0 Å². The monoisotopic (exact) mass is 379 g/mol. The van der Waals surface area contributed by atoms with Crippen LogP contribution in [0.1, 0.15) is 39.0 Å². The van der Waals surface area contributed by atoms with Gasteiger partial charge in [0, 0.05) is 24.0 Å². The van der Waals surface area contributed by atoms with Crippen molar-refractivity contribution < 1.29 is 4.79 Å². The van der Waals surface area contributed by atoms with Crippen LogP contribution in [0.5, 0.6) is 0 Å². The first-order chi connectivity index (χ1) is 13.0. The first kappa shape index (κ1) is 17.6. The van der Waals surface area contributed by atoms with Gasteiger partial charge in [0.15, 0.2) is 0 Å². The number of aryl methyl sites for hydroxylation is 4. The van der Waals surface area contributed by atoms with Crippen molar-refractivity contribution in [2.75, 3.05) is 6.54 Å². The largest absolute Gasteiger partial charge is 0.351 e. The Balaban J connectivity index is 1.40. The molecule has 0 unspecified atom stereocenters. The van der Waals surface area contributed by atoms with Gasteiger partial charge in [-0.05, 0) is 44.9 Å². The molecule has 27 heavy (non-hydrogen) atoms. The zero-order chi connectivity index (χ0) is 19.0. The Hall–Kier alpha value is -2.80. The molecule has 4 aromatic rings. The van der Waals surface area contributed by atoms with Gasteiger partial charge in [-0.25, -0.2) is 15.0 Å². The predicted octanol–water partition coefficient (Wildman–Crippen LogP) is 3.86. The van der Waals surface area contributed by atoms with E-state index >= 15 is 0 Å². The van der Waals surface area contributed by atoms with Crippen LogP contribution in [0.2, 0.25) is 0 Å². The topological polar surface area (TPSA) is 83.6 Å². The van der Waals surface area contributed by atoms with Crippen LogP contribution in [0.25, 0.3) is 21.3 Å². The molecule has 1 aromatic carbocycles. The summed E-state index contributed by atoms with van der Waals surface area (Å²) < 4.78 is 0. The third kappa shape index (κ3) is 3.42. The van der Waals surface area contributed by atoms with E-state index in [1.807, 2.05) is 45.0 Å². The summed E-state index contributed by atoms with van der Waals surface area (Å²) in [6.45, 7) is 6.41. The minimum Gasteiger partial charge on any atom is -0.351 e. The van der Waals surface area contributed by atoms with E-state index in [1.165, 1.54) is 11.3 Å². The highest BCUT2D eigenvalue weighted by Crippen LogP contribution is 2.31. The summed E-state index contributed by atoms with van der Waals surface area (Å²) in [7, 11) is 0. The Kier molecular flexibility index (Phi) is 4.61. The van der Waals surface area contributed by atoms with E-state index < -0.39 is 0 Å². The van der Waals surface area contributed by atoms with E-state index in [9.17, 15) is 4.79 Å². The van der Waals surface area contributed by atoms with Crippen molar-refractivity contribution in [1.29, 1.82) is 0 Å². The number of H-pyrrole nitrogens is 1. The number of hydrogen-bond donors (Lipinski definition) is 2. The zero-order valence-electron chi connectivity index (χ0n) is 15.6. The second kappa shape index (κ2) is 7.08.